The van der Waals surface area contributed by atoms with Crippen molar-refractivity contribution < 1.29 is 25.2 Å². The van der Waals surface area contributed by atoms with Gasteiger partial charge in [-0.15, -0.1) is 0 Å². The predicted molar refractivity (Wildman–Crippen MR) is 131 cm³/mol. The minimum atomic E-state index is -1.45. The van der Waals surface area contributed by atoms with Gasteiger partial charge in [0, 0.05) is 17.9 Å². The summed E-state index contributed by atoms with van der Waals surface area (Å²) in [4.78, 5) is 13.9. The zero-order valence-electron chi connectivity index (χ0n) is 20.6. The molecule has 1 heterocycles. The number of allylic oxidation sites excluding steroid dienone is 1. The quantitative estimate of drug-likeness (QED) is 0.427. The van der Waals surface area contributed by atoms with E-state index in [9.17, 15) is 25.2 Å². The SMILES string of the molecule is C[C@H]1CC=C[C@H]2[C@H](O)[C@@](C)(O)[C@@H](C)[C@H]3[C@H](Cc4ccccc4)NC(=O)[C@]32[C@H](O)C=C[C@](C)(O)C1. The van der Waals surface area contributed by atoms with E-state index in [1.54, 1.807) is 19.9 Å². The minimum absolute atomic E-state index is 0.154. The lowest BCUT2D eigenvalue weighted by atomic mass is 9.49. The van der Waals surface area contributed by atoms with Crippen LogP contribution >= 0.6 is 0 Å². The molecule has 1 aromatic carbocycles. The molecule has 0 bridgehead atoms. The van der Waals surface area contributed by atoms with Crippen molar-refractivity contribution >= 4 is 5.91 Å². The molecule has 1 amide bonds. The molecule has 2 fully saturated rings. The first-order valence-corrected chi connectivity index (χ1v) is 12.4. The van der Waals surface area contributed by atoms with Gasteiger partial charge in [0.15, 0.2) is 0 Å². The molecule has 10 atom stereocenters. The molecule has 0 aromatic heterocycles. The molecule has 1 aliphatic heterocycles. The summed E-state index contributed by atoms with van der Waals surface area (Å²) in [5, 5.41) is 48.6. The number of hydrogen-bond acceptors (Lipinski definition) is 5. The molecule has 34 heavy (non-hydrogen) atoms. The van der Waals surface area contributed by atoms with Crippen LogP contribution in [-0.2, 0) is 11.2 Å². The fourth-order valence-electron chi connectivity index (χ4n) is 6.87. The van der Waals surface area contributed by atoms with E-state index in [0.29, 0.717) is 19.3 Å². The first-order chi connectivity index (χ1) is 15.9. The summed E-state index contributed by atoms with van der Waals surface area (Å²) in [5.41, 5.74) is -2.92. The first-order valence-electron chi connectivity index (χ1n) is 12.4. The largest absolute Gasteiger partial charge is 0.389 e. The Morgan fingerprint density at radius 1 is 1.06 bits per heavy atom. The number of nitrogens with one attached hydrogen (secondary N) is 1. The van der Waals surface area contributed by atoms with Crippen LogP contribution in [0, 0.1) is 29.1 Å². The molecule has 1 spiro atoms. The molecule has 4 rings (SSSR count). The normalized spacial score (nSPS) is 46.8. The molecule has 0 unspecified atom stereocenters. The average Bonchev–Trinajstić information content (AvgIpc) is 3.04. The van der Waals surface area contributed by atoms with Crippen LogP contribution in [0.15, 0.2) is 54.6 Å². The second-order valence-corrected chi connectivity index (χ2v) is 11.3. The van der Waals surface area contributed by atoms with Crippen molar-refractivity contribution in [1.29, 1.82) is 0 Å². The number of carbonyl (C=O) groups excluding carboxylic acids is 1. The van der Waals surface area contributed by atoms with E-state index >= 15 is 0 Å². The monoisotopic (exact) mass is 469 g/mol. The van der Waals surface area contributed by atoms with Crippen LogP contribution in [0.1, 0.15) is 46.1 Å². The summed E-state index contributed by atoms with van der Waals surface area (Å²) in [6, 6.07) is 9.52. The molecule has 0 radical (unpaired) electrons. The molecule has 1 aromatic rings. The smallest absolute Gasteiger partial charge is 0.230 e. The van der Waals surface area contributed by atoms with Crippen molar-refractivity contribution in [2.45, 2.75) is 76.4 Å². The van der Waals surface area contributed by atoms with E-state index in [2.05, 4.69) is 5.32 Å². The second-order valence-electron chi connectivity index (χ2n) is 11.3. The van der Waals surface area contributed by atoms with E-state index in [1.165, 1.54) is 6.08 Å². The van der Waals surface area contributed by atoms with Gasteiger partial charge in [-0.25, -0.2) is 0 Å². The number of benzene rings is 1. The van der Waals surface area contributed by atoms with Crippen LogP contribution in [0.4, 0.5) is 0 Å². The third-order valence-corrected chi connectivity index (χ3v) is 8.71. The molecule has 3 aliphatic rings. The average molecular weight is 470 g/mol. The summed E-state index contributed by atoms with van der Waals surface area (Å²) >= 11 is 0. The molecule has 5 N–H and O–H groups in total. The molecular weight excluding hydrogens is 430 g/mol. The van der Waals surface area contributed by atoms with Crippen LogP contribution in [0.2, 0.25) is 0 Å². The molecule has 6 nitrogen and oxygen atoms in total. The topological polar surface area (TPSA) is 110 Å². The summed E-state index contributed by atoms with van der Waals surface area (Å²) in [6.45, 7) is 7.22. The van der Waals surface area contributed by atoms with Gasteiger partial charge in [-0.3, -0.25) is 4.79 Å². The van der Waals surface area contributed by atoms with Gasteiger partial charge in [-0.2, -0.15) is 0 Å². The van der Waals surface area contributed by atoms with E-state index in [1.807, 2.05) is 56.3 Å². The highest BCUT2D eigenvalue weighted by atomic mass is 16.3. The van der Waals surface area contributed by atoms with Gasteiger partial charge < -0.3 is 25.7 Å². The van der Waals surface area contributed by atoms with Gasteiger partial charge in [0.2, 0.25) is 5.91 Å². The summed E-state index contributed by atoms with van der Waals surface area (Å²) in [6.07, 6.45) is 6.07. The number of rotatable bonds is 2. The maximum atomic E-state index is 13.9. The van der Waals surface area contributed by atoms with Gasteiger partial charge in [0.05, 0.1) is 28.8 Å². The van der Waals surface area contributed by atoms with E-state index in [4.69, 9.17) is 0 Å². The van der Waals surface area contributed by atoms with Gasteiger partial charge in [-0.1, -0.05) is 68.5 Å². The zero-order chi connectivity index (χ0) is 24.9. The molecular formula is C28H39NO5. The highest BCUT2D eigenvalue weighted by Crippen LogP contribution is 2.59. The number of aliphatic hydroxyl groups is 4. The Balaban J connectivity index is 1.88. The second kappa shape index (κ2) is 8.90. The maximum Gasteiger partial charge on any atom is 0.230 e. The van der Waals surface area contributed by atoms with Crippen LogP contribution in [-0.4, -0.2) is 55.8 Å². The first kappa shape index (κ1) is 25.1. The lowest BCUT2D eigenvalue weighted by Crippen LogP contribution is -2.67. The summed E-state index contributed by atoms with van der Waals surface area (Å²) in [7, 11) is 0. The Morgan fingerprint density at radius 3 is 2.41 bits per heavy atom. The van der Waals surface area contributed by atoms with E-state index < -0.39 is 46.6 Å². The Labute approximate surface area is 202 Å². The standard InChI is InChI=1S/C28H39NO5/c1-17-9-8-12-20-24(31)27(4,34)18(2)23-21(15-19-10-6-5-7-11-19)29-25(32)28(20,23)22(30)13-14-26(3,33)16-17/h5-8,10-14,17-18,20-24,30-31,33-34H,9,15-16H2,1-4H3,(H,29,32)/t17-,18-,20-,21-,22+,23-,24-,26-,27-,28+/m0/s1. The van der Waals surface area contributed by atoms with Crippen molar-refractivity contribution in [3.05, 3.63) is 60.2 Å². The minimum Gasteiger partial charge on any atom is -0.389 e. The lowest BCUT2D eigenvalue weighted by Gasteiger charge is -2.56. The van der Waals surface area contributed by atoms with Crippen molar-refractivity contribution in [1.82, 2.24) is 5.32 Å². The van der Waals surface area contributed by atoms with Crippen LogP contribution in [0.3, 0.4) is 0 Å². The fourth-order valence-corrected chi connectivity index (χ4v) is 6.87. The summed E-state index contributed by atoms with van der Waals surface area (Å²) < 4.78 is 0. The predicted octanol–water partition coefficient (Wildman–Crippen LogP) is 2.36. The molecule has 6 heteroatoms. The molecule has 1 saturated heterocycles. The van der Waals surface area contributed by atoms with Crippen molar-refractivity contribution in [2.75, 3.05) is 0 Å². The van der Waals surface area contributed by atoms with Gasteiger partial charge in [0.25, 0.3) is 0 Å². The highest BCUT2D eigenvalue weighted by molar-refractivity contribution is 5.88. The zero-order valence-corrected chi connectivity index (χ0v) is 20.6. The molecule has 1 saturated carbocycles. The van der Waals surface area contributed by atoms with Gasteiger partial charge in [0.1, 0.15) is 0 Å². The van der Waals surface area contributed by atoms with Crippen molar-refractivity contribution in [2.24, 2.45) is 29.1 Å². The van der Waals surface area contributed by atoms with Crippen LogP contribution in [0.5, 0.6) is 0 Å². The lowest BCUT2D eigenvalue weighted by molar-refractivity contribution is -0.212. The van der Waals surface area contributed by atoms with Crippen molar-refractivity contribution in [3.8, 4) is 0 Å². The highest BCUT2D eigenvalue weighted by Gasteiger charge is 2.71. The number of carbonyl (C=O) groups is 1. The Hall–Kier alpha value is -1.99. The Kier molecular flexibility index (Phi) is 6.58. The number of aliphatic hydroxyl groups excluding tert-OH is 2. The maximum absolute atomic E-state index is 13.9. The molecule has 186 valence electrons. The van der Waals surface area contributed by atoms with Gasteiger partial charge >= 0.3 is 0 Å². The van der Waals surface area contributed by atoms with Crippen LogP contribution < -0.4 is 5.32 Å². The third kappa shape index (κ3) is 4.05. The van der Waals surface area contributed by atoms with E-state index in [-0.39, 0.29) is 17.9 Å². The van der Waals surface area contributed by atoms with Crippen LogP contribution in [0.25, 0.3) is 0 Å². The summed E-state index contributed by atoms with van der Waals surface area (Å²) in [5.74, 6) is -1.89. The fraction of sp³-hybridized carbons (Fsp3) is 0.607. The van der Waals surface area contributed by atoms with E-state index in [0.717, 1.165) is 5.56 Å². The third-order valence-electron chi connectivity index (χ3n) is 8.71. The van der Waals surface area contributed by atoms with Gasteiger partial charge in [-0.05, 0) is 50.5 Å². The number of hydrogen-bond donors (Lipinski definition) is 5. The molecule has 2 aliphatic carbocycles. The number of amides is 1. The Morgan fingerprint density at radius 2 is 1.74 bits per heavy atom. The van der Waals surface area contributed by atoms with Crippen molar-refractivity contribution in [3.63, 3.8) is 0 Å². The Bertz CT molecular complexity index is 955.